The maximum atomic E-state index is 11.8. The summed E-state index contributed by atoms with van der Waals surface area (Å²) in [5.41, 5.74) is 3.54. The molecule has 1 atom stereocenters. The Morgan fingerprint density at radius 1 is 1.35 bits per heavy atom. The molecule has 1 aromatic carbocycles. The average molecular weight is 277 g/mol. The monoisotopic (exact) mass is 277 g/mol. The van der Waals surface area contributed by atoms with Gasteiger partial charge in [-0.05, 0) is 42.4 Å². The highest BCUT2D eigenvalue weighted by Gasteiger charge is 2.34. The van der Waals surface area contributed by atoms with Crippen LogP contribution in [-0.4, -0.2) is 26.2 Å². The van der Waals surface area contributed by atoms with E-state index in [9.17, 15) is 4.79 Å². The van der Waals surface area contributed by atoms with Crippen LogP contribution in [0.3, 0.4) is 0 Å². The topological polar surface area (TPSA) is 56.8 Å². The van der Waals surface area contributed by atoms with Crippen LogP contribution < -0.4 is 15.0 Å². The maximum Gasteiger partial charge on any atom is 0.244 e. The number of carbonyl (C=O) groups is 1. The Morgan fingerprint density at radius 3 is 2.80 bits per heavy atom. The number of hydroxylamine groups is 1. The molecule has 1 heterocycles. The fourth-order valence-electron chi connectivity index (χ4n) is 2.70. The van der Waals surface area contributed by atoms with Gasteiger partial charge in [-0.1, -0.05) is 6.07 Å². The quantitative estimate of drug-likeness (QED) is 0.837. The third-order valence-electron chi connectivity index (χ3n) is 3.81. The molecule has 1 aliphatic heterocycles. The Labute approximate surface area is 118 Å². The van der Waals surface area contributed by atoms with E-state index < -0.39 is 0 Å². The zero-order valence-corrected chi connectivity index (χ0v) is 11.6. The number of amides is 1. The van der Waals surface area contributed by atoms with E-state index >= 15 is 0 Å². The highest BCUT2D eigenvalue weighted by molar-refractivity contribution is 5.76. The molecule has 5 nitrogen and oxygen atoms in total. The van der Waals surface area contributed by atoms with Crippen LogP contribution in [0, 0.1) is 5.92 Å². The first kappa shape index (κ1) is 13.2. The lowest BCUT2D eigenvalue weighted by atomic mass is 9.90. The van der Waals surface area contributed by atoms with Gasteiger partial charge in [0.1, 0.15) is 13.2 Å². The lowest BCUT2D eigenvalue weighted by molar-refractivity contribution is -0.131. The summed E-state index contributed by atoms with van der Waals surface area (Å²) in [6, 6.07) is 5.99. The van der Waals surface area contributed by atoms with Crippen LogP contribution in [0.2, 0.25) is 0 Å². The third kappa shape index (κ3) is 2.88. The highest BCUT2D eigenvalue weighted by atomic mass is 16.6. The van der Waals surface area contributed by atoms with Crippen molar-refractivity contribution < 1.29 is 19.1 Å². The van der Waals surface area contributed by atoms with Crippen molar-refractivity contribution in [2.75, 3.05) is 20.3 Å². The molecular formula is C15H19NO4. The number of carbonyl (C=O) groups excluding carboxylic acids is 1. The van der Waals surface area contributed by atoms with Crippen LogP contribution >= 0.6 is 0 Å². The summed E-state index contributed by atoms with van der Waals surface area (Å²) < 4.78 is 11.1. The fraction of sp³-hybridized carbons (Fsp3) is 0.533. The summed E-state index contributed by atoms with van der Waals surface area (Å²) >= 11 is 0. The van der Waals surface area contributed by atoms with Gasteiger partial charge in [0.05, 0.1) is 7.11 Å². The predicted molar refractivity (Wildman–Crippen MR) is 72.7 cm³/mol. The van der Waals surface area contributed by atoms with Gasteiger partial charge in [-0.3, -0.25) is 9.63 Å². The van der Waals surface area contributed by atoms with Crippen molar-refractivity contribution in [2.24, 2.45) is 5.92 Å². The van der Waals surface area contributed by atoms with Gasteiger partial charge in [0.25, 0.3) is 0 Å². The van der Waals surface area contributed by atoms with Gasteiger partial charge in [0.2, 0.25) is 5.91 Å². The minimum atomic E-state index is -0.0840. The Kier molecular flexibility index (Phi) is 3.78. The summed E-state index contributed by atoms with van der Waals surface area (Å²) in [7, 11) is 1.45. The zero-order chi connectivity index (χ0) is 13.9. The second kappa shape index (κ2) is 5.71. The lowest BCUT2D eigenvalue weighted by Gasteiger charge is -2.22. The normalized spacial score (nSPS) is 18.4. The molecule has 1 amide bonds. The molecule has 0 radical (unpaired) electrons. The molecule has 1 aliphatic carbocycles. The van der Waals surface area contributed by atoms with Crippen molar-refractivity contribution in [3.63, 3.8) is 0 Å². The van der Waals surface area contributed by atoms with E-state index in [1.165, 1.54) is 20.0 Å². The first-order chi connectivity index (χ1) is 9.78. The van der Waals surface area contributed by atoms with Crippen molar-refractivity contribution in [1.82, 2.24) is 5.48 Å². The molecule has 2 aliphatic rings. The van der Waals surface area contributed by atoms with Crippen LogP contribution in [-0.2, 0) is 9.63 Å². The van der Waals surface area contributed by atoms with E-state index in [2.05, 4.69) is 10.3 Å². The molecular weight excluding hydrogens is 258 g/mol. The summed E-state index contributed by atoms with van der Waals surface area (Å²) in [5.74, 6) is 2.29. The van der Waals surface area contributed by atoms with Crippen LogP contribution in [0.5, 0.6) is 11.5 Å². The van der Waals surface area contributed by atoms with Gasteiger partial charge < -0.3 is 9.47 Å². The van der Waals surface area contributed by atoms with Crippen molar-refractivity contribution >= 4 is 5.91 Å². The Morgan fingerprint density at radius 2 is 2.10 bits per heavy atom. The highest BCUT2D eigenvalue weighted by Crippen LogP contribution is 2.46. The van der Waals surface area contributed by atoms with E-state index in [0.717, 1.165) is 17.1 Å². The maximum absolute atomic E-state index is 11.8. The smallest absolute Gasteiger partial charge is 0.244 e. The minimum absolute atomic E-state index is 0.0840. The van der Waals surface area contributed by atoms with Crippen LogP contribution in [0.1, 0.15) is 30.7 Å². The molecule has 1 aromatic rings. The van der Waals surface area contributed by atoms with E-state index in [1.54, 1.807) is 0 Å². The summed E-state index contributed by atoms with van der Waals surface area (Å²) in [4.78, 5) is 16.4. The van der Waals surface area contributed by atoms with Crippen LogP contribution in [0.15, 0.2) is 18.2 Å². The first-order valence-corrected chi connectivity index (χ1v) is 6.99. The number of benzene rings is 1. The molecule has 0 aromatic heterocycles. The van der Waals surface area contributed by atoms with Crippen molar-refractivity contribution in [3.8, 4) is 11.5 Å². The number of fused-ring (bicyclic) bond motifs is 1. The molecule has 1 saturated carbocycles. The largest absolute Gasteiger partial charge is 0.486 e. The summed E-state index contributed by atoms with van der Waals surface area (Å²) in [5, 5.41) is 0. The molecule has 20 heavy (non-hydrogen) atoms. The first-order valence-electron chi connectivity index (χ1n) is 6.99. The molecule has 1 fully saturated rings. The van der Waals surface area contributed by atoms with Crippen molar-refractivity contribution in [3.05, 3.63) is 23.8 Å². The van der Waals surface area contributed by atoms with Crippen molar-refractivity contribution in [1.29, 1.82) is 0 Å². The average Bonchev–Trinajstić information content (AvgIpc) is 3.29. The number of ether oxygens (including phenoxy) is 2. The van der Waals surface area contributed by atoms with Gasteiger partial charge >= 0.3 is 0 Å². The molecule has 0 saturated heterocycles. The van der Waals surface area contributed by atoms with Crippen LogP contribution in [0.25, 0.3) is 0 Å². The lowest BCUT2D eigenvalue weighted by Crippen LogP contribution is -2.24. The molecule has 3 rings (SSSR count). The second-order valence-electron chi connectivity index (χ2n) is 5.28. The molecule has 0 spiro atoms. The zero-order valence-electron chi connectivity index (χ0n) is 11.6. The molecule has 108 valence electrons. The van der Waals surface area contributed by atoms with Gasteiger partial charge in [-0.15, -0.1) is 0 Å². The Bertz CT molecular complexity index is 499. The molecule has 1 unspecified atom stereocenters. The number of hydrogen-bond acceptors (Lipinski definition) is 4. The second-order valence-corrected chi connectivity index (χ2v) is 5.28. The molecule has 1 N–H and O–H groups in total. The van der Waals surface area contributed by atoms with E-state index in [0.29, 0.717) is 25.6 Å². The number of rotatable bonds is 5. The summed E-state index contributed by atoms with van der Waals surface area (Å²) in [6.45, 7) is 1.17. The Hall–Kier alpha value is -1.75. The van der Waals surface area contributed by atoms with Gasteiger partial charge in [0.15, 0.2) is 11.5 Å². The standard InChI is InChI=1S/C15H19NO4/c1-18-16-15(17)9-12(10-2-3-10)11-4-5-13-14(8-11)20-7-6-19-13/h4-5,8,10,12H,2-3,6-7,9H2,1H3,(H,16,17). The SMILES string of the molecule is CONC(=O)CC(c1ccc2c(c1)OCCO2)C1CC1. The van der Waals surface area contributed by atoms with Gasteiger partial charge in [-0.25, -0.2) is 5.48 Å². The molecule has 5 heteroatoms. The Balaban J connectivity index is 1.78. The van der Waals surface area contributed by atoms with Crippen molar-refractivity contribution in [2.45, 2.75) is 25.2 Å². The number of nitrogens with one attached hydrogen (secondary N) is 1. The van der Waals surface area contributed by atoms with Gasteiger partial charge in [-0.2, -0.15) is 0 Å². The van der Waals surface area contributed by atoms with E-state index in [1.807, 2.05) is 18.2 Å². The minimum Gasteiger partial charge on any atom is -0.486 e. The van der Waals surface area contributed by atoms with Gasteiger partial charge in [0, 0.05) is 6.42 Å². The fourth-order valence-corrected chi connectivity index (χ4v) is 2.70. The summed E-state index contributed by atoms with van der Waals surface area (Å²) in [6.07, 6.45) is 2.80. The van der Waals surface area contributed by atoms with Crippen LogP contribution in [0.4, 0.5) is 0 Å². The van der Waals surface area contributed by atoms with E-state index in [-0.39, 0.29) is 11.8 Å². The third-order valence-corrected chi connectivity index (χ3v) is 3.81. The van der Waals surface area contributed by atoms with E-state index in [4.69, 9.17) is 9.47 Å². The molecule has 0 bridgehead atoms. The predicted octanol–water partition coefficient (Wildman–Crippen LogP) is 2.02. The number of hydrogen-bond donors (Lipinski definition) is 1.